The Balaban J connectivity index is 2.27. The summed E-state index contributed by atoms with van der Waals surface area (Å²) in [7, 11) is 0. The second-order valence-electron chi connectivity index (χ2n) is 3.92. The summed E-state index contributed by atoms with van der Waals surface area (Å²) in [5.74, 6) is -2.13. The van der Waals surface area contributed by atoms with Crippen molar-refractivity contribution in [3.63, 3.8) is 0 Å². The van der Waals surface area contributed by atoms with Crippen LogP contribution in [0.4, 0.5) is 14.5 Å². The topological polar surface area (TPSA) is 29.1 Å². The summed E-state index contributed by atoms with van der Waals surface area (Å²) < 4.78 is 26.7. The van der Waals surface area contributed by atoms with Crippen molar-refractivity contribution in [3.05, 3.63) is 65.2 Å². The summed E-state index contributed by atoms with van der Waals surface area (Å²) >= 11 is 0. The van der Waals surface area contributed by atoms with Crippen LogP contribution in [0.3, 0.4) is 0 Å². The van der Waals surface area contributed by atoms with E-state index in [1.807, 2.05) is 13.0 Å². The molecule has 2 nitrogen and oxygen atoms in total. The third-order valence-corrected chi connectivity index (χ3v) is 2.48. The third kappa shape index (κ3) is 2.53. The number of benzene rings is 2. The van der Waals surface area contributed by atoms with Crippen LogP contribution in [-0.2, 0) is 0 Å². The number of para-hydroxylation sites is 1. The fourth-order valence-electron chi connectivity index (χ4n) is 1.59. The van der Waals surface area contributed by atoms with Crippen molar-refractivity contribution in [1.82, 2.24) is 0 Å². The summed E-state index contributed by atoms with van der Waals surface area (Å²) in [6.45, 7) is 1.83. The molecular weight excluding hydrogens is 236 g/mol. The molecule has 2 rings (SSSR count). The van der Waals surface area contributed by atoms with Gasteiger partial charge in [-0.1, -0.05) is 23.8 Å². The third-order valence-electron chi connectivity index (χ3n) is 2.48. The highest BCUT2D eigenvalue weighted by Crippen LogP contribution is 2.19. The van der Waals surface area contributed by atoms with E-state index in [-0.39, 0.29) is 0 Å². The molecule has 0 spiro atoms. The van der Waals surface area contributed by atoms with Crippen LogP contribution in [0.2, 0.25) is 0 Å². The van der Waals surface area contributed by atoms with Crippen molar-refractivity contribution in [2.75, 3.05) is 5.32 Å². The SMILES string of the molecule is Cc1cccc(C(=O)Nc2c(F)cccc2F)c1. The first-order chi connectivity index (χ1) is 8.58. The number of hydrogen-bond acceptors (Lipinski definition) is 1. The van der Waals surface area contributed by atoms with Gasteiger partial charge in [0, 0.05) is 5.56 Å². The molecule has 2 aromatic carbocycles. The highest BCUT2D eigenvalue weighted by Gasteiger charge is 2.13. The number of halogens is 2. The molecule has 4 heteroatoms. The number of carbonyl (C=O) groups excluding carboxylic acids is 1. The molecule has 0 saturated heterocycles. The van der Waals surface area contributed by atoms with E-state index < -0.39 is 23.2 Å². The van der Waals surface area contributed by atoms with Crippen molar-refractivity contribution >= 4 is 11.6 Å². The standard InChI is InChI=1S/C14H11F2NO/c1-9-4-2-5-10(8-9)14(18)17-13-11(15)6-3-7-12(13)16/h2-8H,1H3,(H,17,18). The average molecular weight is 247 g/mol. The summed E-state index contributed by atoms with van der Waals surface area (Å²) in [6.07, 6.45) is 0. The number of nitrogens with one attached hydrogen (secondary N) is 1. The largest absolute Gasteiger partial charge is 0.317 e. The Morgan fingerprint density at radius 3 is 2.28 bits per heavy atom. The predicted molar refractivity (Wildman–Crippen MR) is 65.5 cm³/mol. The molecule has 1 amide bonds. The molecule has 0 heterocycles. The Labute approximate surface area is 103 Å². The maximum Gasteiger partial charge on any atom is 0.255 e. The van der Waals surface area contributed by atoms with Gasteiger partial charge in [-0.2, -0.15) is 0 Å². The summed E-state index contributed by atoms with van der Waals surface area (Å²) in [6, 6.07) is 10.2. The van der Waals surface area contributed by atoms with E-state index in [1.54, 1.807) is 18.2 Å². The van der Waals surface area contributed by atoms with Crippen LogP contribution in [0.5, 0.6) is 0 Å². The van der Waals surface area contributed by atoms with Crippen molar-refractivity contribution in [2.45, 2.75) is 6.92 Å². The predicted octanol–water partition coefficient (Wildman–Crippen LogP) is 3.53. The van der Waals surface area contributed by atoms with Crippen LogP contribution < -0.4 is 5.32 Å². The molecule has 0 saturated carbocycles. The van der Waals surface area contributed by atoms with Crippen molar-refractivity contribution < 1.29 is 13.6 Å². The van der Waals surface area contributed by atoms with Gasteiger partial charge in [0.2, 0.25) is 0 Å². The summed E-state index contributed by atoms with van der Waals surface area (Å²) in [5.41, 5.74) is 0.832. The van der Waals surface area contributed by atoms with Gasteiger partial charge in [0.1, 0.15) is 17.3 Å². The summed E-state index contributed by atoms with van der Waals surface area (Å²) in [4.78, 5) is 11.8. The minimum atomic E-state index is -0.795. The maximum atomic E-state index is 13.4. The molecule has 0 radical (unpaired) electrons. The van der Waals surface area contributed by atoms with Gasteiger partial charge in [-0.05, 0) is 31.2 Å². The monoisotopic (exact) mass is 247 g/mol. The Morgan fingerprint density at radius 2 is 1.67 bits per heavy atom. The Morgan fingerprint density at radius 1 is 1.06 bits per heavy atom. The van der Waals surface area contributed by atoms with Gasteiger partial charge in [0.05, 0.1) is 0 Å². The Kier molecular flexibility index (Phi) is 3.37. The van der Waals surface area contributed by atoms with Crippen molar-refractivity contribution in [1.29, 1.82) is 0 Å². The molecule has 18 heavy (non-hydrogen) atoms. The zero-order chi connectivity index (χ0) is 13.1. The van der Waals surface area contributed by atoms with E-state index in [2.05, 4.69) is 5.32 Å². The zero-order valence-electron chi connectivity index (χ0n) is 9.71. The lowest BCUT2D eigenvalue weighted by Gasteiger charge is -2.07. The van der Waals surface area contributed by atoms with Crippen LogP contribution in [-0.4, -0.2) is 5.91 Å². The normalized spacial score (nSPS) is 10.2. The van der Waals surface area contributed by atoms with E-state index in [0.717, 1.165) is 17.7 Å². The molecule has 92 valence electrons. The van der Waals surface area contributed by atoms with Gasteiger partial charge in [-0.15, -0.1) is 0 Å². The molecule has 0 fully saturated rings. The number of amides is 1. The first kappa shape index (κ1) is 12.2. The van der Waals surface area contributed by atoms with E-state index in [0.29, 0.717) is 5.56 Å². The average Bonchev–Trinajstić information content (AvgIpc) is 2.34. The lowest BCUT2D eigenvalue weighted by Crippen LogP contribution is -2.14. The van der Waals surface area contributed by atoms with E-state index in [4.69, 9.17) is 0 Å². The smallest absolute Gasteiger partial charge is 0.255 e. The highest BCUT2D eigenvalue weighted by atomic mass is 19.1. The van der Waals surface area contributed by atoms with Gasteiger partial charge >= 0.3 is 0 Å². The van der Waals surface area contributed by atoms with Crippen molar-refractivity contribution in [2.24, 2.45) is 0 Å². The molecule has 2 aromatic rings. The van der Waals surface area contributed by atoms with Crippen LogP contribution in [0.15, 0.2) is 42.5 Å². The van der Waals surface area contributed by atoms with E-state index in [9.17, 15) is 13.6 Å². The summed E-state index contributed by atoms with van der Waals surface area (Å²) in [5, 5.41) is 2.23. The maximum absolute atomic E-state index is 13.4. The number of anilines is 1. The van der Waals surface area contributed by atoms with Crippen molar-refractivity contribution in [3.8, 4) is 0 Å². The van der Waals surface area contributed by atoms with E-state index in [1.165, 1.54) is 6.07 Å². The molecule has 0 atom stereocenters. The second-order valence-corrected chi connectivity index (χ2v) is 3.92. The van der Waals surface area contributed by atoms with Gasteiger partial charge in [0.15, 0.2) is 0 Å². The van der Waals surface area contributed by atoms with Gasteiger partial charge in [-0.25, -0.2) is 8.78 Å². The van der Waals surface area contributed by atoms with Crippen LogP contribution >= 0.6 is 0 Å². The van der Waals surface area contributed by atoms with Gasteiger partial charge in [0.25, 0.3) is 5.91 Å². The molecule has 0 aromatic heterocycles. The molecular formula is C14H11F2NO. The first-order valence-corrected chi connectivity index (χ1v) is 5.40. The number of rotatable bonds is 2. The minimum Gasteiger partial charge on any atom is -0.317 e. The minimum absolute atomic E-state index is 0.359. The lowest BCUT2D eigenvalue weighted by atomic mass is 10.1. The van der Waals surface area contributed by atoms with E-state index >= 15 is 0 Å². The molecule has 0 aliphatic rings. The van der Waals surface area contributed by atoms with Gasteiger partial charge in [-0.3, -0.25) is 4.79 Å². The first-order valence-electron chi connectivity index (χ1n) is 5.40. The number of hydrogen-bond donors (Lipinski definition) is 1. The molecule has 0 bridgehead atoms. The number of aryl methyl sites for hydroxylation is 1. The molecule has 0 aliphatic carbocycles. The molecule has 0 unspecified atom stereocenters. The lowest BCUT2D eigenvalue weighted by molar-refractivity contribution is 0.102. The van der Waals surface area contributed by atoms with Crippen LogP contribution in [0.25, 0.3) is 0 Å². The second kappa shape index (κ2) is 4.96. The molecule has 1 N–H and O–H groups in total. The van der Waals surface area contributed by atoms with Gasteiger partial charge < -0.3 is 5.32 Å². The Bertz CT molecular complexity index is 576. The number of carbonyl (C=O) groups is 1. The zero-order valence-corrected chi connectivity index (χ0v) is 9.71. The molecule has 0 aliphatic heterocycles. The van der Waals surface area contributed by atoms with Crippen LogP contribution in [0, 0.1) is 18.6 Å². The van der Waals surface area contributed by atoms with Crippen LogP contribution in [0.1, 0.15) is 15.9 Å². The highest BCUT2D eigenvalue weighted by molar-refractivity contribution is 6.04. The Hall–Kier alpha value is -2.23. The fraction of sp³-hybridized carbons (Fsp3) is 0.0714. The fourth-order valence-corrected chi connectivity index (χ4v) is 1.59. The quantitative estimate of drug-likeness (QED) is 0.864.